The van der Waals surface area contributed by atoms with Crippen molar-refractivity contribution in [3.05, 3.63) is 83.9 Å². The third-order valence-electron chi connectivity index (χ3n) is 8.38. The van der Waals surface area contributed by atoms with Gasteiger partial charge < -0.3 is 4.40 Å². The van der Waals surface area contributed by atoms with Gasteiger partial charge in [0, 0.05) is 21.5 Å². The van der Waals surface area contributed by atoms with Crippen LogP contribution < -0.4 is 5.19 Å². The molecule has 7 rings (SSSR count). The van der Waals surface area contributed by atoms with Gasteiger partial charge in [-0.3, -0.25) is 0 Å². The molecule has 0 atom stereocenters. The molecule has 0 radical (unpaired) electrons. The summed E-state index contributed by atoms with van der Waals surface area (Å²) in [5.74, 6) is 1.07. The maximum atomic E-state index is 2.55. The molecule has 2 heteroatoms. The number of nitrogens with zero attached hydrogens (tertiary/aromatic N) is 1. The Labute approximate surface area is 214 Å². The van der Waals surface area contributed by atoms with Gasteiger partial charge in [0.15, 0.2) is 0 Å². The Morgan fingerprint density at radius 1 is 0.528 bits per heavy atom. The van der Waals surface area contributed by atoms with Crippen molar-refractivity contribution in [2.45, 2.75) is 52.6 Å². The first-order valence-electron chi connectivity index (χ1n) is 13.4. The Morgan fingerprint density at radius 2 is 1.00 bits per heavy atom. The standard InChI is InChI=1S/C34H33NSi/c1-19(2)21-7-9-23-15-32-28(13-25(23)11-21)30-17-27(36(5)6)18-31-29-14-26-12-22(20(3)4)8-10-24(26)16-33(29)35(32)34(30)31/h7-20,36H,1-6H3. The molecule has 0 aliphatic heterocycles. The minimum atomic E-state index is -0.976. The number of fused-ring (bicyclic) bond motifs is 8. The van der Waals surface area contributed by atoms with Crippen LogP contribution in [0.2, 0.25) is 13.1 Å². The van der Waals surface area contributed by atoms with Crippen molar-refractivity contribution in [3.8, 4) is 0 Å². The van der Waals surface area contributed by atoms with Crippen LogP contribution in [-0.4, -0.2) is 13.2 Å². The highest BCUT2D eigenvalue weighted by molar-refractivity contribution is 6.71. The third kappa shape index (κ3) is 3.00. The van der Waals surface area contributed by atoms with Gasteiger partial charge in [-0.25, -0.2) is 0 Å². The van der Waals surface area contributed by atoms with Crippen molar-refractivity contribution in [2.24, 2.45) is 0 Å². The summed E-state index contributed by atoms with van der Waals surface area (Å²) >= 11 is 0. The van der Waals surface area contributed by atoms with Crippen molar-refractivity contribution in [2.75, 3.05) is 0 Å². The van der Waals surface area contributed by atoms with E-state index in [2.05, 4.69) is 118 Å². The lowest BCUT2D eigenvalue weighted by Crippen LogP contribution is -2.21. The van der Waals surface area contributed by atoms with Crippen LogP contribution in [0.3, 0.4) is 0 Å². The molecular weight excluding hydrogens is 450 g/mol. The van der Waals surface area contributed by atoms with E-state index in [1.165, 1.54) is 70.8 Å². The predicted molar refractivity (Wildman–Crippen MR) is 163 cm³/mol. The van der Waals surface area contributed by atoms with E-state index in [1.807, 2.05) is 0 Å². The number of rotatable bonds is 3. The van der Waals surface area contributed by atoms with Gasteiger partial charge in [-0.15, -0.1) is 0 Å². The molecule has 36 heavy (non-hydrogen) atoms. The fraction of sp³-hybridized carbons (Fsp3) is 0.235. The van der Waals surface area contributed by atoms with Crippen LogP contribution in [0.5, 0.6) is 0 Å². The van der Waals surface area contributed by atoms with E-state index in [-0.39, 0.29) is 0 Å². The second-order valence-corrected chi connectivity index (χ2v) is 14.7. The van der Waals surface area contributed by atoms with Crippen molar-refractivity contribution in [3.63, 3.8) is 0 Å². The molecule has 0 aliphatic rings. The Hall–Kier alpha value is -3.36. The second-order valence-electron chi connectivity index (χ2n) is 11.7. The van der Waals surface area contributed by atoms with E-state index >= 15 is 0 Å². The quantitative estimate of drug-likeness (QED) is 0.221. The monoisotopic (exact) mass is 483 g/mol. The Bertz CT molecular complexity index is 1830. The Kier molecular flexibility index (Phi) is 4.60. The van der Waals surface area contributed by atoms with Gasteiger partial charge in [-0.2, -0.15) is 0 Å². The van der Waals surface area contributed by atoms with Crippen molar-refractivity contribution in [1.29, 1.82) is 0 Å². The van der Waals surface area contributed by atoms with E-state index < -0.39 is 8.80 Å². The van der Waals surface area contributed by atoms with Gasteiger partial charge in [0.2, 0.25) is 0 Å². The van der Waals surface area contributed by atoms with Gasteiger partial charge in [0.1, 0.15) is 0 Å². The number of aromatic nitrogens is 1. The fourth-order valence-electron chi connectivity index (χ4n) is 6.14. The van der Waals surface area contributed by atoms with E-state index in [4.69, 9.17) is 0 Å². The topological polar surface area (TPSA) is 4.41 Å². The largest absolute Gasteiger partial charge is 0.308 e. The SMILES string of the molecule is CC(C)c1ccc2cc3c(cc2c1)c1cc([SiH](C)C)cc2c4cc5cc(C(C)C)ccc5cc4n3c12. The van der Waals surface area contributed by atoms with E-state index in [9.17, 15) is 0 Å². The van der Waals surface area contributed by atoms with E-state index in [0.717, 1.165) is 0 Å². The molecule has 0 bridgehead atoms. The molecule has 0 saturated heterocycles. The summed E-state index contributed by atoms with van der Waals surface area (Å²) in [6.45, 7) is 14.0. The highest BCUT2D eigenvalue weighted by Crippen LogP contribution is 2.41. The zero-order chi connectivity index (χ0) is 24.9. The van der Waals surface area contributed by atoms with Crippen LogP contribution in [0.25, 0.3) is 59.6 Å². The smallest absolute Gasteiger partial charge is 0.0647 e. The zero-order valence-corrected chi connectivity index (χ0v) is 23.3. The summed E-state index contributed by atoms with van der Waals surface area (Å²) in [5.41, 5.74) is 6.86. The lowest BCUT2D eigenvalue weighted by molar-refractivity contribution is 0.869. The van der Waals surface area contributed by atoms with Crippen LogP contribution in [-0.2, 0) is 0 Å². The molecule has 2 aromatic heterocycles. The molecule has 2 heterocycles. The lowest BCUT2D eigenvalue weighted by atomic mass is 9.97. The van der Waals surface area contributed by atoms with Gasteiger partial charge in [-0.1, -0.05) is 94.5 Å². The summed E-state index contributed by atoms with van der Waals surface area (Å²) in [5, 5.41) is 12.5. The molecule has 0 spiro atoms. The third-order valence-corrected chi connectivity index (χ3v) is 10.0. The number of benzene rings is 5. The predicted octanol–water partition coefficient (Wildman–Crippen LogP) is 9.08. The number of hydrogen-bond donors (Lipinski definition) is 0. The summed E-state index contributed by atoms with van der Waals surface area (Å²) < 4.78 is 2.55. The molecule has 178 valence electrons. The summed E-state index contributed by atoms with van der Waals surface area (Å²) in [6.07, 6.45) is 0. The maximum Gasteiger partial charge on any atom is 0.0647 e. The normalized spacial score (nSPS) is 12.9. The molecule has 0 amide bonds. The highest BCUT2D eigenvalue weighted by Gasteiger charge is 2.20. The summed E-state index contributed by atoms with van der Waals surface area (Å²) in [4.78, 5) is 0. The molecule has 0 aliphatic carbocycles. The molecule has 0 unspecified atom stereocenters. The van der Waals surface area contributed by atoms with E-state index in [1.54, 1.807) is 5.19 Å². The average molecular weight is 484 g/mol. The molecule has 5 aromatic carbocycles. The fourth-order valence-corrected chi connectivity index (χ4v) is 7.14. The zero-order valence-electron chi connectivity index (χ0n) is 22.1. The van der Waals surface area contributed by atoms with Crippen LogP contribution in [0, 0.1) is 0 Å². The summed E-state index contributed by atoms with van der Waals surface area (Å²) in [7, 11) is -0.976. The molecule has 0 fully saturated rings. The first-order chi connectivity index (χ1) is 17.3. The summed E-state index contributed by atoms with van der Waals surface area (Å²) in [6, 6.07) is 28.8. The molecule has 0 N–H and O–H groups in total. The first kappa shape index (κ1) is 21.9. The lowest BCUT2D eigenvalue weighted by Gasteiger charge is -2.09. The van der Waals surface area contributed by atoms with Crippen LogP contribution >= 0.6 is 0 Å². The molecule has 0 saturated carbocycles. The van der Waals surface area contributed by atoms with Gasteiger partial charge in [0.05, 0.1) is 25.3 Å². The van der Waals surface area contributed by atoms with Gasteiger partial charge in [0.25, 0.3) is 0 Å². The van der Waals surface area contributed by atoms with E-state index in [0.29, 0.717) is 11.8 Å². The van der Waals surface area contributed by atoms with Crippen molar-refractivity contribution < 1.29 is 0 Å². The van der Waals surface area contributed by atoms with Crippen molar-refractivity contribution >= 4 is 73.6 Å². The minimum absolute atomic E-state index is 0.534. The van der Waals surface area contributed by atoms with Crippen LogP contribution in [0.1, 0.15) is 50.7 Å². The van der Waals surface area contributed by atoms with Gasteiger partial charge >= 0.3 is 0 Å². The minimum Gasteiger partial charge on any atom is -0.308 e. The van der Waals surface area contributed by atoms with Crippen LogP contribution in [0.4, 0.5) is 0 Å². The van der Waals surface area contributed by atoms with Crippen LogP contribution in [0.15, 0.2) is 72.8 Å². The van der Waals surface area contributed by atoms with Crippen molar-refractivity contribution in [1.82, 2.24) is 4.40 Å². The molecule has 1 nitrogen and oxygen atoms in total. The van der Waals surface area contributed by atoms with Gasteiger partial charge in [-0.05, 0) is 68.8 Å². The number of hydrogen-bond acceptors (Lipinski definition) is 0. The Balaban J connectivity index is 1.67. The maximum absolute atomic E-state index is 2.55. The highest BCUT2D eigenvalue weighted by atomic mass is 28.3. The first-order valence-corrected chi connectivity index (χ1v) is 16.3. The molecular formula is C34H33NSi. The Morgan fingerprint density at radius 3 is 1.42 bits per heavy atom. The second kappa shape index (κ2) is 7.57. The average Bonchev–Trinajstić information content (AvgIpc) is 3.35. The molecule has 7 aromatic rings.